The molecule has 1 rings (SSSR count). The zero-order valence-corrected chi connectivity index (χ0v) is 10.0. The van der Waals surface area contributed by atoms with Gasteiger partial charge in [-0.1, -0.05) is 48.0 Å². The highest BCUT2D eigenvalue weighted by molar-refractivity contribution is 4.55. The van der Waals surface area contributed by atoms with Crippen molar-refractivity contribution in [3.8, 4) is 0 Å². The van der Waals surface area contributed by atoms with Crippen molar-refractivity contribution in [3.05, 3.63) is 0 Å². The monoisotopic (exact) mass is 175 g/mol. The SMILES string of the molecule is C1CCNC1.CC.CC.CCC. The third-order valence-corrected chi connectivity index (χ3v) is 0.957. The second-order valence-electron chi connectivity index (χ2n) is 2.16. The van der Waals surface area contributed by atoms with Crippen molar-refractivity contribution in [1.29, 1.82) is 0 Å². The average molecular weight is 175 g/mol. The molecule has 0 aromatic carbocycles. The molecule has 1 saturated heterocycles. The molecule has 1 heterocycles. The van der Waals surface area contributed by atoms with E-state index in [0.717, 1.165) is 0 Å². The first-order valence-corrected chi connectivity index (χ1v) is 5.62. The maximum atomic E-state index is 3.22. The van der Waals surface area contributed by atoms with E-state index in [1.165, 1.54) is 32.4 Å². The van der Waals surface area contributed by atoms with Crippen molar-refractivity contribution < 1.29 is 0 Å². The largest absolute Gasteiger partial charge is 0.317 e. The Bertz CT molecular complexity index is 24.4. The van der Waals surface area contributed by atoms with Crippen LogP contribution in [0, 0.1) is 0 Å². The summed E-state index contributed by atoms with van der Waals surface area (Å²) >= 11 is 0. The van der Waals surface area contributed by atoms with Crippen LogP contribution in [0.2, 0.25) is 0 Å². The predicted octanol–water partition coefficient (Wildman–Crippen LogP) is 3.84. The molecule has 1 aliphatic rings. The lowest BCUT2D eigenvalue weighted by molar-refractivity contribution is 0.857. The molecule has 1 heteroatoms. The Morgan fingerprint density at radius 3 is 1.17 bits per heavy atom. The minimum absolute atomic E-state index is 1.25. The summed E-state index contributed by atoms with van der Waals surface area (Å²) < 4.78 is 0. The van der Waals surface area contributed by atoms with Crippen molar-refractivity contribution >= 4 is 0 Å². The zero-order valence-electron chi connectivity index (χ0n) is 10.0. The molecule has 0 saturated carbocycles. The van der Waals surface area contributed by atoms with Crippen LogP contribution in [0.1, 0.15) is 60.8 Å². The van der Waals surface area contributed by atoms with Gasteiger partial charge in [-0.25, -0.2) is 0 Å². The van der Waals surface area contributed by atoms with Gasteiger partial charge in [-0.3, -0.25) is 0 Å². The molecular weight excluding hydrogens is 146 g/mol. The van der Waals surface area contributed by atoms with Gasteiger partial charge in [0.1, 0.15) is 0 Å². The minimum Gasteiger partial charge on any atom is -0.317 e. The standard InChI is InChI=1S/C4H9N.C3H8.2C2H6/c1-2-4-5-3-1;1-3-2;2*1-2/h5H,1-4H2;3H2,1-2H3;2*1-2H3. The highest BCUT2D eigenvalue weighted by Gasteiger charge is 1.93. The molecule has 0 spiro atoms. The fraction of sp³-hybridized carbons (Fsp3) is 1.00. The van der Waals surface area contributed by atoms with Crippen LogP contribution in [-0.2, 0) is 0 Å². The van der Waals surface area contributed by atoms with Gasteiger partial charge in [-0.05, 0) is 25.9 Å². The van der Waals surface area contributed by atoms with E-state index in [0.29, 0.717) is 0 Å². The molecule has 0 aliphatic carbocycles. The summed E-state index contributed by atoms with van der Waals surface area (Å²) in [7, 11) is 0. The molecule has 0 bridgehead atoms. The molecule has 0 aromatic heterocycles. The maximum Gasteiger partial charge on any atom is -0.00484 e. The minimum atomic E-state index is 1.25. The Kier molecular flexibility index (Phi) is 45.6. The quantitative estimate of drug-likeness (QED) is 0.590. The lowest BCUT2D eigenvalue weighted by atomic mass is 10.4. The van der Waals surface area contributed by atoms with Crippen molar-refractivity contribution in [1.82, 2.24) is 5.32 Å². The van der Waals surface area contributed by atoms with Crippen LogP contribution < -0.4 is 5.32 Å². The van der Waals surface area contributed by atoms with E-state index in [2.05, 4.69) is 19.2 Å². The van der Waals surface area contributed by atoms with Gasteiger partial charge in [0.15, 0.2) is 0 Å². The van der Waals surface area contributed by atoms with Gasteiger partial charge in [0.25, 0.3) is 0 Å². The molecule has 1 N–H and O–H groups in total. The van der Waals surface area contributed by atoms with Gasteiger partial charge < -0.3 is 5.32 Å². The third-order valence-electron chi connectivity index (χ3n) is 0.957. The molecule has 0 atom stereocenters. The highest BCUT2D eigenvalue weighted by Crippen LogP contribution is 1.90. The Morgan fingerprint density at radius 1 is 0.833 bits per heavy atom. The van der Waals surface area contributed by atoms with Gasteiger partial charge >= 0.3 is 0 Å². The second kappa shape index (κ2) is 30.6. The van der Waals surface area contributed by atoms with Crippen molar-refractivity contribution in [3.63, 3.8) is 0 Å². The summed E-state index contributed by atoms with van der Waals surface area (Å²) in [6, 6.07) is 0. The highest BCUT2D eigenvalue weighted by atomic mass is 14.9. The van der Waals surface area contributed by atoms with Crippen LogP contribution in [0.15, 0.2) is 0 Å². The van der Waals surface area contributed by atoms with Crippen LogP contribution in [0.25, 0.3) is 0 Å². The van der Waals surface area contributed by atoms with Gasteiger partial charge in [-0.15, -0.1) is 0 Å². The van der Waals surface area contributed by atoms with Gasteiger partial charge in [0, 0.05) is 0 Å². The molecule has 1 fully saturated rings. The van der Waals surface area contributed by atoms with Crippen LogP contribution in [0.3, 0.4) is 0 Å². The van der Waals surface area contributed by atoms with Crippen molar-refractivity contribution in [2.45, 2.75) is 60.8 Å². The van der Waals surface area contributed by atoms with E-state index in [-0.39, 0.29) is 0 Å². The summed E-state index contributed by atoms with van der Waals surface area (Å²) in [5.74, 6) is 0. The zero-order chi connectivity index (χ0) is 10.2. The topological polar surface area (TPSA) is 12.0 Å². The van der Waals surface area contributed by atoms with E-state index in [4.69, 9.17) is 0 Å². The number of rotatable bonds is 0. The average Bonchev–Trinajstić information content (AvgIpc) is 2.69. The summed E-state index contributed by atoms with van der Waals surface area (Å²) in [5.41, 5.74) is 0. The second-order valence-corrected chi connectivity index (χ2v) is 2.16. The van der Waals surface area contributed by atoms with E-state index >= 15 is 0 Å². The number of nitrogens with one attached hydrogen (secondary N) is 1. The first-order valence-electron chi connectivity index (χ1n) is 5.62. The Balaban J connectivity index is -0.000000102. The normalized spacial score (nSPS) is 12.5. The number of hydrogen-bond donors (Lipinski definition) is 1. The van der Waals surface area contributed by atoms with Crippen LogP contribution in [0.5, 0.6) is 0 Å². The third kappa shape index (κ3) is 32.5. The molecule has 0 aromatic rings. The van der Waals surface area contributed by atoms with Crippen LogP contribution in [0.4, 0.5) is 0 Å². The molecule has 78 valence electrons. The predicted molar refractivity (Wildman–Crippen MR) is 60.8 cm³/mol. The summed E-state index contributed by atoms with van der Waals surface area (Å²) in [6.45, 7) is 14.8. The van der Waals surface area contributed by atoms with E-state index in [9.17, 15) is 0 Å². The molecular formula is C11H29N. The molecule has 1 aliphatic heterocycles. The van der Waals surface area contributed by atoms with E-state index < -0.39 is 0 Å². The van der Waals surface area contributed by atoms with Gasteiger partial charge in [0.2, 0.25) is 0 Å². The van der Waals surface area contributed by atoms with Crippen LogP contribution >= 0.6 is 0 Å². The summed E-state index contributed by atoms with van der Waals surface area (Å²) in [5, 5.41) is 3.22. The van der Waals surface area contributed by atoms with E-state index in [1.807, 2.05) is 27.7 Å². The first kappa shape index (κ1) is 17.9. The Labute approximate surface area is 80.0 Å². The fourth-order valence-corrected chi connectivity index (χ4v) is 0.625. The Morgan fingerprint density at radius 2 is 1.08 bits per heavy atom. The Hall–Kier alpha value is -0.0400. The lowest BCUT2D eigenvalue weighted by Crippen LogP contribution is -2.03. The van der Waals surface area contributed by atoms with Gasteiger partial charge in [0.05, 0.1) is 0 Å². The number of hydrogen-bond acceptors (Lipinski definition) is 1. The molecule has 0 unspecified atom stereocenters. The van der Waals surface area contributed by atoms with Crippen LogP contribution in [-0.4, -0.2) is 13.1 Å². The van der Waals surface area contributed by atoms with Crippen molar-refractivity contribution in [2.24, 2.45) is 0 Å². The molecule has 12 heavy (non-hydrogen) atoms. The molecule has 1 nitrogen and oxygen atoms in total. The summed E-state index contributed by atoms with van der Waals surface area (Å²) in [6.07, 6.45) is 4.03. The molecule has 0 amide bonds. The molecule has 0 radical (unpaired) electrons. The maximum absolute atomic E-state index is 3.22. The van der Waals surface area contributed by atoms with Gasteiger partial charge in [-0.2, -0.15) is 0 Å². The van der Waals surface area contributed by atoms with Crippen molar-refractivity contribution in [2.75, 3.05) is 13.1 Å². The van der Waals surface area contributed by atoms with E-state index in [1.54, 1.807) is 0 Å². The fourth-order valence-electron chi connectivity index (χ4n) is 0.625. The first-order chi connectivity index (χ1) is 5.91. The summed E-state index contributed by atoms with van der Waals surface area (Å²) in [4.78, 5) is 0. The lowest BCUT2D eigenvalue weighted by Gasteiger charge is -1.76. The smallest absolute Gasteiger partial charge is 0.00484 e.